The number of hydrogen-bond acceptors (Lipinski definition) is 3. The zero-order valence-electron chi connectivity index (χ0n) is 15.2. The van der Waals surface area contributed by atoms with Crippen LogP contribution in [0.4, 0.5) is 0 Å². The lowest BCUT2D eigenvalue weighted by Crippen LogP contribution is -2.25. The van der Waals surface area contributed by atoms with Crippen LogP contribution in [-0.4, -0.2) is 24.3 Å². The molecule has 0 spiro atoms. The van der Waals surface area contributed by atoms with E-state index in [0.717, 1.165) is 23.7 Å². The van der Waals surface area contributed by atoms with Gasteiger partial charge < -0.3 is 10.1 Å². The summed E-state index contributed by atoms with van der Waals surface area (Å²) in [5, 5.41) is 2.98. The molecule has 134 valence electrons. The fourth-order valence-electron chi connectivity index (χ4n) is 2.40. The van der Waals surface area contributed by atoms with Crippen molar-refractivity contribution in [2.75, 3.05) is 12.3 Å². The smallest absolute Gasteiger partial charge is 0.251 e. The molecule has 0 aromatic heterocycles. The van der Waals surface area contributed by atoms with Crippen molar-refractivity contribution in [3.63, 3.8) is 0 Å². The summed E-state index contributed by atoms with van der Waals surface area (Å²) in [7, 11) is 0. The molecule has 0 bridgehead atoms. The van der Waals surface area contributed by atoms with Gasteiger partial charge in [0.2, 0.25) is 0 Å². The van der Waals surface area contributed by atoms with Gasteiger partial charge in [0, 0.05) is 17.9 Å². The zero-order valence-corrected chi connectivity index (χ0v) is 16.1. The minimum atomic E-state index is -0.0190. The highest BCUT2D eigenvalue weighted by atomic mass is 32.2. The third kappa shape index (κ3) is 6.83. The first-order valence-corrected chi connectivity index (χ1v) is 9.94. The number of rotatable bonds is 9. The van der Waals surface area contributed by atoms with Gasteiger partial charge in [0.25, 0.3) is 5.91 Å². The lowest BCUT2D eigenvalue weighted by atomic mass is 10.1. The van der Waals surface area contributed by atoms with Gasteiger partial charge in [-0.3, -0.25) is 4.79 Å². The Hall–Kier alpha value is -1.94. The van der Waals surface area contributed by atoms with E-state index in [2.05, 4.69) is 12.2 Å². The SMILES string of the molecule is CCSCc1ccc(C(=O)NCCc2ccc(OC(C)C)cc2)cc1. The predicted octanol–water partition coefficient (Wildman–Crippen LogP) is 4.70. The van der Waals surface area contributed by atoms with Crippen LogP contribution < -0.4 is 10.1 Å². The van der Waals surface area contributed by atoms with Crippen LogP contribution in [0.25, 0.3) is 0 Å². The summed E-state index contributed by atoms with van der Waals surface area (Å²) in [5.74, 6) is 2.96. The van der Waals surface area contributed by atoms with Gasteiger partial charge in [-0.05, 0) is 61.4 Å². The highest BCUT2D eigenvalue weighted by Gasteiger charge is 2.05. The topological polar surface area (TPSA) is 38.3 Å². The minimum absolute atomic E-state index is 0.0190. The molecule has 1 amide bonds. The number of thioether (sulfide) groups is 1. The zero-order chi connectivity index (χ0) is 18.1. The molecule has 4 heteroatoms. The van der Waals surface area contributed by atoms with E-state index in [1.807, 2.05) is 74.1 Å². The largest absolute Gasteiger partial charge is 0.491 e. The number of benzene rings is 2. The van der Waals surface area contributed by atoms with Gasteiger partial charge in [-0.2, -0.15) is 11.8 Å². The second-order valence-corrected chi connectivity index (χ2v) is 7.42. The van der Waals surface area contributed by atoms with Crippen molar-refractivity contribution in [2.45, 2.75) is 39.0 Å². The van der Waals surface area contributed by atoms with E-state index in [4.69, 9.17) is 4.74 Å². The van der Waals surface area contributed by atoms with Crippen molar-refractivity contribution in [1.82, 2.24) is 5.32 Å². The number of carbonyl (C=O) groups excluding carboxylic acids is 1. The first-order valence-electron chi connectivity index (χ1n) is 8.79. The molecule has 0 unspecified atom stereocenters. The molecule has 0 heterocycles. The van der Waals surface area contributed by atoms with Crippen molar-refractivity contribution in [1.29, 1.82) is 0 Å². The molecule has 0 fully saturated rings. The quantitative estimate of drug-likeness (QED) is 0.707. The molecule has 0 aliphatic carbocycles. The molecule has 0 aliphatic heterocycles. The van der Waals surface area contributed by atoms with Crippen LogP contribution in [0.2, 0.25) is 0 Å². The first-order chi connectivity index (χ1) is 12.1. The fourth-order valence-corrected chi connectivity index (χ4v) is 3.03. The number of carbonyl (C=O) groups is 1. The lowest BCUT2D eigenvalue weighted by Gasteiger charge is -2.10. The maximum atomic E-state index is 12.2. The number of hydrogen-bond donors (Lipinski definition) is 1. The summed E-state index contributed by atoms with van der Waals surface area (Å²) < 4.78 is 5.63. The number of nitrogens with one attached hydrogen (secondary N) is 1. The van der Waals surface area contributed by atoms with E-state index in [-0.39, 0.29) is 12.0 Å². The summed E-state index contributed by atoms with van der Waals surface area (Å²) in [5.41, 5.74) is 3.15. The van der Waals surface area contributed by atoms with Gasteiger partial charge in [-0.1, -0.05) is 31.2 Å². The minimum Gasteiger partial charge on any atom is -0.491 e. The van der Waals surface area contributed by atoms with Gasteiger partial charge in [-0.15, -0.1) is 0 Å². The average Bonchev–Trinajstić information content (AvgIpc) is 2.61. The Kier molecular flexibility index (Phi) is 7.86. The van der Waals surface area contributed by atoms with Crippen LogP contribution >= 0.6 is 11.8 Å². The molecule has 2 aromatic rings. The van der Waals surface area contributed by atoms with E-state index in [1.54, 1.807) is 0 Å². The Labute approximate surface area is 155 Å². The average molecular weight is 358 g/mol. The number of ether oxygens (including phenoxy) is 1. The third-order valence-corrected chi connectivity index (χ3v) is 4.63. The van der Waals surface area contributed by atoms with Crippen molar-refractivity contribution < 1.29 is 9.53 Å². The predicted molar refractivity (Wildman–Crippen MR) is 107 cm³/mol. The van der Waals surface area contributed by atoms with E-state index >= 15 is 0 Å². The fraction of sp³-hybridized carbons (Fsp3) is 0.381. The second kappa shape index (κ2) is 10.1. The Morgan fingerprint density at radius 2 is 1.68 bits per heavy atom. The van der Waals surface area contributed by atoms with Gasteiger partial charge in [0.1, 0.15) is 5.75 Å². The summed E-state index contributed by atoms with van der Waals surface area (Å²) >= 11 is 1.88. The molecule has 0 atom stereocenters. The van der Waals surface area contributed by atoms with Crippen LogP contribution in [0.3, 0.4) is 0 Å². The van der Waals surface area contributed by atoms with E-state index in [0.29, 0.717) is 12.1 Å². The lowest BCUT2D eigenvalue weighted by molar-refractivity contribution is 0.0954. The van der Waals surface area contributed by atoms with E-state index in [9.17, 15) is 4.79 Å². The Morgan fingerprint density at radius 3 is 2.28 bits per heavy atom. The maximum absolute atomic E-state index is 12.2. The van der Waals surface area contributed by atoms with Crippen LogP contribution in [0, 0.1) is 0 Å². The standard InChI is InChI=1S/C21H27NO2S/c1-4-25-15-18-5-9-19(10-6-18)21(23)22-14-13-17-7-11-20(12-8-17)24-16(2)3/h5-12,16H,4,13-15H2,1-3H3,(H,22,23). The highest BCUT2D eigenvalue weighted by molar-refractivity contribution is 7.98. The molecule has 1 N–H and O–H groups in total. The molecule has 2 rings (SSSR count). The molecule has 0 saturated heterocycles. The molecule has 0 radical (unpaired) electrons. The van der Waals surface area contributed by atoms with Crippen LogP contribution in [0.15, 0.2) is 48.5 Å². The van der Waals surface area contributed by atoms with E-state index in [1.165, 1.54) is 11.1 Å². The molecule has 0 saturated carbocycles. The van der Waals surface area contributed by atoms with Gasteiger partial charge >= 0.3 is 0 Å². The van der Waals surface area contributed by atoms with E-state index < -0.39 is 0 Å². The highest BCUT2D eigenvalue weighted by Crippen LogP contribution is 2.14. The van der Waals surface area contributed by atoms with Gasteiger partial charge in [0.15, 0.2) is 0 Å². The summed E-state index contributed by atoms with van der Waals surface area (Å²) in [6.07, 6.45) is 0.982. The Morgan fingerprint density at radius 1 is 1.04 bits per heavy atom. The van der Waals surface area contributed by atoms with Crippen LogP contribution in [-0.2, 0) is 12.2 Å². The maximum Gasteiger partial charge on any atom is 0.251 e. The molecule has 3 nitrogen and oxygen atoms in total. The monoisotopic (exact) mass is 357 g/mol. The van der Waals surface area contributed by atoms with Crippen molar-refractivity contribution in [3.05, 3.63) is 65.2 Å². The van der Waals surface area contributed by atoms with Crippen molar-refractivity contribution >= 4 is 17.7 Å². The van der Waals surface area contributed by atoms with Gasteiger partial charge in [-0.25, -0.2) is 0 Å². The second-order valence-electron chi connectivity index (χ2n) is 6.15. The molecule has 0 aliphatic rings. The third-order valence-electron chi connectivity index (χ3n) is 3.68. The molecule has 25 heavy (non-hydrogen) atoms. The van der Waals surface area contributed by atoms with Crippen LogP contribution in [0.5, 0.6) is 5.75 Å². The van der Waals surface area contributed by atoms with Crippen molar-refractivity contribution in [2.24, 2.45) is 0 Å². The normalized spacial score (nSPS) is 10.7. The summed E-state index contributed by atoms with van der Waals surface area (Å²) in [6, 6.07) is 15.9. The number of amides is 1. The molecular formula is C21H27NO2S. The Bertz CT molecular complexity index is 651. The van der Waals surface area contributed by atoms with Crippen LogP contribution in [0.1, 0.15) is 42.3 Å². The molecule has 2 aromatic carbocycles. The first kappa shape index (κ1) is 19.4. The molecular weight excluding hydrogens is 330 g/mol. The van der Waals surface area contributed by atoms with Crippen molar-refractivity contribution in [3.8, 4) is 5.75 Å². The summed E-state index contributed by atoms with van der Waals surface area (Å²) in [4.78, 5) is 12.2. The van der Waals surface area contributed by atoms with Gasteiger partial charge in [0.05, 0.1) is 6.10 Å². The summed E-state index contributed by atoms with van der Waals surface area (Å²) in [6.45, 7) is 6.80. The Balaban J connectivity index is 1.78.